The highest BCUT2D eigenvalue weighted by Crippen LogP contribution is 2.69. The number of carboxylic acid groups (broad SMARTS) is 1. The number of carboxylic acids is 1. The predicted molar refractivity (Wildman–Crippen MR) is 70.4 cm³/mol. The zero-order valence-electron chi connectivity index (χ0n) is 11.3. The molecule has 2 bridgehead atoms. The Morgan fingerprint density at radius 2 is 1.74 bits per heavy atom. The van der Waals surface area contributed by atoms with Crippen LogP contribution >= 0.6 is 0 Å². The van der Waals surface area contributed by atoms with Crippen molar-refractivity contribution in [3.05, 3.63) is 0 Å². The molecule has 4 atom stereocenters. The summed E-state index contributed by atoms with van der Waals surface area (Å²) in [7, 11) is 0. The molecule has 19 heavy (non-hydrogen) atoms. The van der Waals surface area contributed by atoms with E-state index in [1.807, 2.05) is 0 Å². The fourth-order valence-corrected chi connectivity index (χ4v) is 4.58. The molecule has 0 spiro atoms. The van der Waals surface area contributed by atoms with Gasteiger partial charge in [-0.05, 0) is 55.8 Å². The van der Waals surface area contributed by atoms with Gasteiger partial charge in [-0.2, -0.15) is 0 Å². The van der Waals surface area contributed by atoms with Crippen LogP contribution in [0.5, 0.6) is 0 Å². The molecule has 0 heterocycles. The van der Waals surface area contributed by atoms with Gasteiger partial charge in [-0.25, -0.2) is 0 Å². The summed E-state index contributed by atoms with van der Waals surface area (Å²) < 4.78 is 0. The van der Waals surface area contributed by atoms with E-state index in [4.69, 9.17) is 5.11 Å². The minimum Gasteiger partial charge on any atom is -0.481 e. The van der Waals surface area contributed by atoms with Gasteiger partial charge in [-0.15, -0.1) is 0 Å². The number of carbonyl (C=O) groups excluding carboxylic acids is 1. The van der Waals surface area contributed by atoms with E-state index in [1.165, 1.54) is 19.3 Å². The van der Waals surface area contributed by atoms with Crippen molar-refractivity contribution in [3.63, 3.8) is 0 Å². The normalized spacial score (nSPS) is 38.0. The summed E-state index contributed by atoms with van der Waals surface area (Å²) in [6.45, 7) is 0.712. The molecule has 3 rings (SSSR count). The second kappa shape index (κ2) is 5.14. The van der Waals surface area contributed by atoms with Crippen molar-refractivity contribution in [2.45, 2.75) is 44.9 Å². The van der Waals surface area contributed by atoms with Crippen LogP contribution in [0, 0.1) is 29.6 Å². The predicted octanol–water partition coefficient (Wildman–Crippen LogP) is 2.04. The maximum absolute atomic E-state index is 12.1. The summed E-state index contributed by atoms with van der Waals surface area (Å²) in [6.07, 6.45) is 6.82. The van der Waals surface area contributed by atoms with Gasteiger partial charge in [0, 0.05) is 18.9 Å². The van der Waals surface area contributed by atoms with Crippen molar-refractivity contribution in [1.82, 2.24) is 5.32 Å². The summed E-state index contributed by atoms with van der Waals surface area (Å²) in [5, 5.41) is 11.6. The summed E-state index contributed by atoms with van der Waals surface area (Å²) in [5.74, 6) is 2.99. The molecular weight excluding hydrogens is 242 g/mol. The molecule has 0 aromatic carbocycles. The van der Waals surface area contributed by atoms with E-state index in [2.05, 4.69) is 5.32 Å². The van der Waals surface area contributed by atoms with Crippen molar-refractivity contribution in [3.8, 4) is 0 Å². The SMILES string of the molecule is O=C(O)CCCCCNC(=O)C1[C@@H]2[C@@H]3CC[C@H](C3)[C@@H]12. The van der Waals surface area contributed by atoms with E-state index >= 15 is 0 Å². The van der Waals surface area contributed by atoms with Gasteiger partial charge < -0.3 is 10.4 Å². The average Bonchev–Trinajstić information content (AvgIpc) is 2.82. The van der Waals surface area contributed by atoms with Crippen LogP contribution in [-0.2, 0) is 9.59 Å². The molecule has 3 fully saturated rings. The Hall–Kier alpha value is -1.06. The molecule has 1 amide bonds. The van der Waals surface area contributed by atoms with Crippen LogP contribution in [-0.4, -0.2) is 23.5 Å². The number of rotatable bonds is 7. The third-order valence-corrected chi connectivity index (χ3v) is 5.40. The standard InChI is InChI=1S/C15H23NO3/c17-11(18)4-2-1-3-7-16-15(19)14-12-9-5-6-10(8-9)13(12)14/h9-10,12-14H,1-8H2,(H,16,19)(H,17,18)/t9-,10-,12-,13-/m1/s1. The number of fused-ring (bicyclic) bond motifs is 5. The van der Waals surface area contributed by atoms with Crippen LogP contribution in [0.3, 0.4) is 0 Å². The van der Waals surface area contributed by atoms with Gasteiger partial charge in [0.1, 0.15) is 0 Å². The number of carbonyl (C=O) groups is 2. The molecule has 4 nitrogen and oxygen atoms in total. The van der Waals surface area contributed by atoms with Crippen LogP contribution in [0.1, 0.15) is 44.9 Å². The number of aliphatic carboxylic acids is 1. The molecule has 106 valence electrons. The van der Waals surface area contributed by atoms with Crippen LogP contribution in [0.2, 0.25) is 0 Å². The molecule has 3 aliphatic carbocycles. The van der Waals surface area contributed by atoms with Gasteiger partial charge in [-0.3, -0.25) is 9.59 Å². The van der Waals surface area contributed by atoms with Crippen molar-refractivity contribution >= 4 is 11.9 Å². The lowest BCUT2D eigenvalue weighted by Crippen LogP contribution is -2.28. The summed E-state index contributed by atoms with van der Waals surface area (Å²) in [4.78, 5) is 22.4. The van der Waals surface area contributed by atoms with E-state index in [9.17, 15) is 9.59 Å². The largest absolute Gasteiger partial charge is 0.481 e. The lowest BCUT2D eigenvalue weighted by molar-refractivity contribution is -0.137. The second-order valence-corrected chi connectivity index (χ2v) is 6.51. The van der Waals surface area contributed by atoms with Crippen molar-refractivity contribution in [2.75, 3.05) is 6.54 Å². The molecule has 0 aliphatic heterocycles. The first kappa shape index (κ1) is 12.9. The maximum atomic E-state index is 12.1. The van der Waals surface area contributed by atoms with Crippen molar-refractivity contribution in [2.24, 2.45) is 29.6 Å². The van der Waals surface area contributed by atoms with Crippen LogP contribution in [0.4, 0.5) is 0 Å². The number of hydrogen-bond acceptors (Lipinski definition) is 2. The fraction of sp³-hybridized carbons (Fsp3) is 0.867. The molecule has 3 aliphatic rings. The molecule has 4 heteroatoms. The van der Waals surface area contributed by atoms with Crippen LogP contribution in [0.15, 0.2) is 0 Å². The molecule has 0 saturated heterocycles. The zero-order valence-corrected chi connectivity index (χ0v) is 11.3. The van der Waals surface area contributed by atoms with Crippen molar-refractivity contribution in [1.29, 1.82) is 0 Å². The lowest BCUT2D eigenvalue weighted by Gasteiger charge is -2.09. The maximum Gasteiger partial charge on any atom is 0.303 e. The molecule has 0 unspecified atom stereocenters. The fourth-order valence-electron chi connectivity index (χ4n) is 4.58. The Morgan fingerprint density at radius 3 is 2.37 bits per heavy atom. The molecule has 3 saturated carbocycles. The smallest absolute Gasteiger partial charge is 0.303 e. The summed E-state index contributed by atoms with van der Waals surface area (Å²) in [5.41, 5.74) is 0. The van der Waals surface area contributed by atoms with E-state index in [-0.39, 0.29) is 12.3 Å². The Kier molecular flexibility index (Phi) is 3.50. The number of amides is 1. The average molecular weight is 265 g/mol. The van der Waals surface area contributed by atoms with Gasteiger partial charge >= 0.3 is 5.97 Å². The Bertz CT molecular complexity index is 366. The quantitative estimate of drug-likeness (QED) is 0.692. The van der Waals surface area contributed by atoms with E-state index in [0.29, 0.717) is 30.7 Å². The van der Waals surface area contributed by atoms with Gasteiger partial charge in [0.05, 0.1) is 0 Å². The number of hydrogen-bond donors (Lipinski definition) is 2. The van der Waals surface area contributed by atoms with Gasteiger partial charge in [0.2, 0.25) is 5.91 Å². The topological polar surface area (TPSA) is 66.4 Å². The third-order valence-electron chi connectivity index (χ3n) is 5.40. The van der Waals surface area contributed by atoms with Crippen molar-refractivity contribution < 1.29 is 14.7 Å². The first-order chi connectivity index (χ1) is 9.18. The minimum absolute atomic E-state index is 0.240. The van der Waals surface area contributed by atoms with E-state index < -0.39 is 5.97 Å². The Labute approximate surface area is 113 Å². The minimum atomic E-state index is -0.731. The lowest BCUT2D eigenvalue weighted by atomic mass is 10.0. The molecule has 0 aromatic heterocycles. The highest BCUT2D eigenvalue weighted by Gasteiger charge is 2.67. The summed E-state index contributed by atoms with van der Waals surface area (Å²) >= 11 is 0. The highest BCUT2D eigenvalue weighted by atomic mass is 16.4. The van der Waals surface area contributed by atoms with Crippen LogP contribution < -0.4 is 5.32 Å². The van der Waals surface area contributed by atoms with Crippen LogP contribution in [0.25, 0.3) is 0 Å². The first-order valence-electron chi connectivity index (χ1n) is 7.68. The van der Waals surface area contributed by atoms with Gasteiger partial charge in [-0.1, -0.05) is 6.42 Å². The number of unbranched alkanes of at least 4 members (excludes halogenated alkanes) is 2. The molecule has 0 radical (unpaired) electrons. The Morgan fingerprint density at radius 1 is 1.05 bits per heavy atom. The first-order valence-corrected chi connectivity index (χ1v) is 7.68. The number of nitrogens with one attached hydrogen (secondary N) is 1. The zero-order chi connectivity index (χ0) is 13.4. The molecule has 2 N–H and O–H groups in total. The second-order valence-electron chi connectivity index (χ2n) is 6.51. The highest BCUT2D eigenvalue weighted by molar-refractivity contribution is 5.82. The van der Waals surface area contributed by atoms with E-state index in [0.717, 1.165) is 24.7 Å². The molecular formula is C15H23NO3. The van der Waals surface area contributed by atoms with Gasteiger partial charge in [0.15, 0.2) is 0 Å². The van der Waals surface area contributed by atoms with E-state index in [1.54, 1.807) is 0 Å². The summed E-state index contributed by atoms with van der Waals surface area (Å²) in [6, 6.07) is 0. The third kappa shape index (κ3) is 2.49. The Balaban J connectivity index is 1.30. The molecule has 0 aromatic rings. The van der Waals surface area contributed by atoms with Gasteiger partial charge in [0.25, 0.3) is 0 Å². The monoisotopic (exact) mass is 265 g/mol.